The van der Waals surface area contributed by atoms with Crippen LogP contribution in [0.5, 0.6) is 11.5 Å². The van der Waals surface area contributed by atoms with Gasteiger partial charge in [0.2, 0.25) is 0 Å². The van der Waals surface area contributed by atoms with Crippen LogP contribution >= 0.6 is 0 Å². The summed E-state index contributed by atoms with van der Waals surface area (Å²) in [6.07, 6.45) is -0.695. The number of carbonyl (C=O) groups is 2. The Hall–Kier alpha value is -3.80. The van der Waals surface area contributed by atoms with Crippen molar-refractivity contribution in [3.05, 3.63) is 83.9 Å². The SMILES string of the molecule is CCOc1ccccc1NC(=O)c1ccc(OC(C)C(=O)Nc2ccc(C)cc2)cc1. The number of benzene rings is 3. The van der Waals surface area contributed by atoms with E-state index in [4.69, 9.17) is 9.47 Å². The minimum atomic E-state index is -0.695. The van der Waals surface area contributed by atoms with Crippen LogP contribution in [0.4, 0.5) is 11.4 Å². The van der Waals surface area contributed by atoms with Crippen molar-refractivity contribution in [3.63, 3.8) is 0 Å². The van der Waals surface area contributed by atoms with Gasteiger partial charge >= 0.3 is 0 Å². The van der Waals surface area contributed by atoms with Crippen molar-refractivity contribution in [3.8, 4) is 11.5 Å². The van der Waals surface area contributed by atoms with E-state index in [9.17, 15) is 9.59 Å². The Morgan fingerprint density at radius 3 is 2.26 bits per heavy atom. The lowest BCUT2D eigenvalue weighted by atomic mass is 10.2. The summed E-state index contributed by atoms with van der Waals surface area (Å²) >= 11 is 0. The molecule has 0 aliphatic heterocycles. The van der Waals surface area contributed by atoms with Gasteiger partial charge in [-0.15, -0.1) is 0 Å². The van der Waals surface area contributed by atoms with Gasteiger partial charge in [0.25, 0.3) is 11.8 Å². The highest BCUT2D eigenvalue weighted by atomic mass is 16.5. The van der Waals surface area contributed by atoms with Crippen LogP contribution in [0.25, 0.3) is 0 Å². The molecule has 6 heteroatoms. The number of anilines is 2. The topological polar surface area (TPSA) is 76.7 Å². The summed E-state index contributed by atoms with van der Waals surface area (Å²) in [5.74, 6) is 0.603. The molecule has 3 aromatic rings. The van der Waals surface area contributed by atoms with Gasteiger partial charge < -0.3 is 20.1 Å². The van der Waals surface area contributed by atoms with Crippen LogP contribution in [0.1, 0.15) is 29.8 Å². The minimum absolute atomic E-state index is 0.252. The van der Waals surface area contributed by atoms with Crippen molar-refractivity contribution in [1.82, 2.24) is 0 Å². The molecule has 2 N–H and O–H groups in total. The second-order valence-electron chi connectivity index (χ2n) is 7.02. The van der Waals surface area contributed by atoms with Gasteiger partial charge in [-0.25, -0.2) is 0 Å². The zero-order valence-electron chi connectivity index (χ0n) is 17.8. The van der Waals surface area contributed by atoms with Crippen LogP contribution in [0.15, 0.2) is 72.8 Å². The van der Waals surface area contributed by atoms with Crippen LogP contribution in [-0.2, 0) is 4.79 Å². The second-order valence-corrected chi connectivity index (χ2v) is 7.02. The highest BCUT2D eigenvalue weighted by Crippen LogP contribution is 2.24. The second kappa shape index (κ2) is 10.3. The van der Waals surface area contributed by atoms with Crippen LogP contribution in [-0.4, -0.2) is 24.5 Å². The van der Waals surface area contributed by atoms with E-state index in [1.807, 2.05) is 50.2 Å². The zero-order chi connectivity index (χ0) is 22.2. The van der Waals surface area contributed by atoms with E-state index in [2.05, 4.69) is 10.6 Å². The number of hydrogen-bond donors (Lipinski definition) is 2. The molecule has 0 saturated heterocycles. The van der Waals surface area contributed by atoms with Gasteiger partial charge in [0.1, 0.15) is 11.5 Å². The van der Waals surface area contributed by atoms with Crippen molar-refractivity contribution in [2.45, 2.75) is 26.9 Å². The molecule has 3 rings (SSSR count). The van der Waals surface area contributed by atoms with Crippen molar-refractivity contribution in [1.29, 1.82) is 0 Å². The molecule has 2 amide bonds. The maximum Gasteiger partial charge on any atom is 0.265 e. The summed E-state index contributed by atoms with van der Waals surface area (Å²) in [6.45, 7) is 6.06. The number of aryl methyl sites for hydroxylation is 1. The average Bonchev–Trinajstić information content (AvgIpc) is 2.77. The Bertz CT molecular complexity index is 1030. The Balaban J connectivity index is 1.58. The van der Waals surface area contributed by atoms with Gasteiger partial charge in [-0.05, 0) is 69.3 Å². The Labute approximate surface area is 182 Å². The summed E-state index contributed by atoms with van der Waals surface area (Å²) in [5, 5.41) is 5.67. The predicted molar refractivity (Wildman–Crippen MR) is 122 cm³/mol. The largest absolute Gasteiger partial charge is 0.492 e. The summed E-state index contributed by atoms with van der Waals surface area (Å²) in [6, 6.07) is 21.5. The van der Waals surface area contributed by atoms with E-state index in [1.165, 1.54) is 0 Å². The quantitative estimate of drug-likeness (QED) is 0.537. The standard InChI is InChI=1S/C25H26N2O4/c1-4-30-23-8-6-5-7-22(23)27-25(29)19-11-15-21(16-12-19)31-18(3)24(28)26-20-13-9-17(2)10-14-20/h5-16,18H,4H2,1-3H3,(H,26,28)(H,27,29). The summed E-state index contributed by atoms with van der Waals surface area (Å²) < 4.78 is 11.2. The molecule has 0 aliphatic rings. The smallest absolute Gasteiger partial charge is 0.265 e. The fourth-order valence-corrected chi connectivity index (χ4v) is 2.87. The molecule has 0 fully saturated rings. The van der Waals surface area contributed by atoms with Crippen molar-refractivity contribution in [2.24, 2.45) is 0 Å². The summed E-state index contributed by atoms with van der Waals surface area (Å²) in [4.78, 5) is 24.9. The number of rotatable bonds is 8. The zero-order valence-corrected chi connectivity index (χ0v) is 17.8. The lowest BCUT2D eigenvalue weighted by Gasteiger charge is -2.15. The van der Waals surface area contributed by atoms with Crippen molar-refractivity contribution < 1.29 is 19.1 Å². The molecule has 3 aromatic carbocycles. The van der Waals surface area contributed by atoms with E-state index in [0.29, 0.717) is 35.0 Å². The van der Waals surface area contributed by atoms with Crippen LogP contribution < -0.4 is 20.1 Å². The normalized spacial score (nSPS) is 11.3. The van der Waals surface area contributed by atoms with Gasteiger partial charge in [-0.3, -0.25) is 9.59 Å². The predicted octanol–water partition coefficient (Wildman–Crippen LogP) is 5.05. The number of hydrogen-bond acceptors (Lipinski definition) is 4. The maximum atomic E-state index is 12.6. The first-order valence-electron chi connectivity index (χ1n) is 10.1. The van der Waals surface area contributed by atoms with Gasteiger partial charge in [0, 0.05) is 11.3 Å². The monoisotopic (exact) mass is 418 g/mol. The maximum absolute atomic E-state index is 12.6. The molecular formula is C25H26N2O4. The molecule has 0 aliphatic carbocycles. The number of ether oxygens (including phenoxy) is 2. The number of amides is 2. The fraction of sp³-hybridized carbons (Fsp3) is 0.200. The molecule has 1 atom stereocenters. The first-order chi connectivity index (χ1) is 15.0. The molecule has 0 spiro atoms. The number of para-hydroxylation sites is 2. The third-order valence-electron chi connectivity index (χ3n) is 4.55. The summed E-state index contributed by atoms with van der Waals surface area (Å²) in [5.41, 5.74) is 2.91. The molecule has 0 bridgehead atoms. The highest BCUT2D eigenvalue weighted by Gasteiger charge is 2.16. The molecule has 1 unspecified atom stereocenters. The first kappa shape index (κ1) is 21.9. The first-order valence-corrected chi connectivity index (χ1v) is 10.1. The van der Waals surface area contributed by atoms with Crippen molar-refractivity contribution >= 4 is 23.2 Å². The number of nitrogens with one attached hydrogen (secondary N) is 2. The molecule has 0 radical (unpaired) electrons. The van der Waals surface area contributed by atoms with Gasteiger partial charge in [0.15, 0.2) is 6.10 Å². The third-order valence-corrected chi connectivity index (χ3v) is 4.55. The lowest BCUT2D eigenvalue weighted by molar-refractivity contribution is -0.122. The lowest BCUT2D eigenvalue weighted by Crippen LogP contribution is -2.30. The molecule has 6 nitrogen and oxygen atoms in total. The van der Waals surface area contributed by atoms with E-state index in [0.717, 1.165) is 5.56 Å². The van der Waals surface area contributed by atoms with Crippen LogP contribution in [0, 0.1) is 6.92 Å². The van der Waals surface area contributed by atoms with Gasteiger partial charge in [-0.1, -0.05) is 29.8 Å². The third kappa shape index (κ3) is 6.09. The molecular weight excluding hydrogens is 392 g/mol. The van der Waals surface area contributed by atoms with Gasteiger partial charge in [-0.2, -0.15) is 0 Å². The van der Waals surface area contributed by atoms with Crippen LogP contribution in [0.2, 0.25) is 0 Å². The van der Waals surface area contributed by atoms with E-state index < -0.39 is 6.10 Å². The highest BCUT2D eigenvalue weighted by molar-refractivity contribution is 6.05. The average molecular weight is 418 g/mol. The van der Waals surface area contributed by atoms with E-state index in [1.54, 1.807) is 43.3 Å². The minimum Gasteiger partial charge on any atom is -0.492 e. The Morgan fingerprint density at radius 2 is 1.58 bits per heavy atom. The molecule has 0 saturated carbocycles. The van der Waals surface area contributed by atoms with E-state index in [-0.39, 0.29) is 11.8 Å². The summed E-state index contributed by atoms with van der Waals surface area (Å²) in [7, 11) is 0. The van der Waals surface area contributed by atoms with E-state index >= 15 is 0 Å². The molecule has 31 heavy (non-hydrogen) atoms. The van der Waals surface area contributed by atoms with Gasteiger partial charge in [0.05, 0.1) is 12.3 Å². The Morgan fingerprint density at radius 1 is 0.903 bits per heavy atom. The molecule has 0 heterocycles. The fourth-order valence-electron chi connectivity index (χ4n) is 2.87. The Kier molecular flexibility index (Phi) is 7.27. The molecule has 160 valence electrons. The van der Waals surface area contributed by atoms with Crippen LogP contribution in [0.3, 0.4) is 0 Å². The number of carbonyl (C=O) groups excluding carboxylic acids is 2. The molecule has 0 aromatic heterocycles. The van der Waals surface area contributed by atoms with Crippen molar-refractivity contribution in [2.75, 3.05) is 17.2 Å².